The van der Waals surface area contributed by atoms with E-state index in [0.717, 1.165) is 0 Å². The molecule has 1 aromatic carbocycles. The highest BCUT2D eigenvalue weighted by Crippen LogP contribution is 2.36. The maximum absolute atomic E-state index is 12.5. The van der Waals surface area contributed by atoms with Crippen molar-refractivity contribution in [2.45, 2.75) is 12.8 Å². The Kier molecular flexibility index (Phi) is 3.49. The molecule has 1 aromatic rings. The van der Waals surface area contributed by atoms with E-state index < -0.39 is 11.9 Å². The van der Waals surface area contributed by atoms with Crippen LogP contribution in [0.5, 0.6) is 0 Å². The molecule has 110 valence electrons. The fourth-order valence-electron chi connectivity index (χ4n) is 3.42. The van der Waals surface area contributed by atoms with E-state index in [2.05, 4.69) is 0 Å². The van der Waals surface area contributed by atoms with Crippen LogP contribution in [0.2, 0.25) is 0 Å². The second-order valence-corrected chi connectivity index (χ2v) is 5.88. The molecule has 0 aromatic heterocycles. The monoisotopic (exact) mass is 287 g/mol. The first-order valence-corrected chi connectivity index (χ1v) is 7.17. The molecule has 0 unspecified atom stereocenters. The zero-order valence-corrected chi connectivity index (χ0v) is 11.6. The van der Waals surface area contributed by atoms with Gasteiger partial charge >= 0.3 is 5.97 Å². The number of aliphatic carboxylic acids is 1. The van der Waals surface area contributed by atoms with Crippen molar-refractivity contribution >= 4 is 17.7 Å². The number of benzene rings is 1. The zero-order valence-electron chi connectivity index (χ0n) is 11.6. The molecule has 3 rings (SSSR count). The van der Waals surface area contributed by atoms with E-state index in [0.29, 0.717) is 31.5 Å². The molecule has 2 atom stereocenters. The third-order valence-electron chi connectivity index (χ3n) is 4.48. The fraction of sp³-hybridized carbons (Fsp3) is 0.438. The third kappa shape index (κ3) is 2.55. The summed E-state index contributed by atoms with van der Waals surface area (Å²) in [5.74, 6) is -1.89. The highest BCUT2D eigenvalue weighted by atomic mass is 16.4. The summed E-state index contributed by atoms with van der Waals surface area (Å²) < 4.78 is 0. The molecule has 1 amide bonds. The summed E-state index contributed by atoms with van der Waals surface area (Å²) in [7, 11) is 0. The van der Waals surface area contributed by atoms with Crippen LogP contribution in [-0.4, -0.2) is 40.8 Å². The molecule has 5 heteroatoms. The number of Topliss-reactive ketones (excluding diaryl/α,β-unsaturated/α-hetero) is 1. The second kappa shape index (κ2) is 5.31. The summed E-state index contributed by atoms with van der Waals surface area (Å²) in [5, 5.41) is 9.14. The number of likely N-dealkylation sites (tertiary alicyclic amines) is 1. The van der Waals surface area contributed by atoms with Gasteiger partial charge in [0.15, 0.2) is 0 Å². The van der Waals surface area contributed by atoms with E-state index in [9.17, 15) is 14.4 Å². The maximum atomic E-state index is 12.5. The molecule has 0 spiro atoms. The summed E-state index contributed by atoms with van der Waals surface area (Å²) in [4.78, 5) is 37.4. The largest absolute Gasteiger partial charge is 0.481 e. The third-order valence-corrected chi connectivity index (χ3v) is 4.48. The summed E-state index contributed by atoms with van der Waals surface area (Å²) in [5.41, 5.74) is 0.611. The number of piperidine rings is 1. The van der Waals surface area contributed by atoms with E-state index in [1.807, 2.05) is 18.2 Å². The van der Waals surface area contributed by atoms with Gasteiger partial charge in [0.2, 0.25) is 0 Å². The number of carbonyl (C=O) groups is 3. The summed E-state index contributed by atoms with van der Waals surface area (Å²) in [6, 6.07) is 8.99. The number of hydrogen-bond donors (Lipinski definition) is 1. The number of ketones is 1. The Morgan fingerprint density at radius 3 is 2.14 bits per heavy atom. The fourth-order valence-corrected chi connectivity index (χ4v) is 3.42. The lowest BCUT2D eigenvalue weighted by Crippen LogP contribution is -2.53. The molecule has 2 aliphatic rings. The molecular formula is C16H17NO4. The van der Waals surface area contributed by atoms with E-state index >= 15 is 0 Å². The number of fused-ring (bicyclic) bond motifs is 2. The Balaban J connectivity index is 1.77. The lowest BCUT2D eigenvalue weighted by molar-refractivity contribution is -0.148. The SMILES string of the molecule is O=C(O)C1C[C@@H]2CN(C(=O)c3ccccc3)C[C@@H](C1)C2=O. The molecular weight excluding hydrogens is 270 g/mol. The number of carboxylic acids is 1. The van der Waals surface area contributed by atoms with E-state index in [1.165, 1.54) is 0 Å². The number of nitrogens with zero attached hydrogens (tertiary/aromatic N) is 1. The van der Waals surface area contributed by atoms with Crippen molar-refractivity contribution in [1.29, 1.82) is 0 Å². The standard InChI is InChI=1S/C16H17NO4/c18-14-12-6-11(16(20)21)7-13(14)9-17(8-12)15(19)10-4-2-1-3-5-10/h1-5,11-13H,6-9H2,(H,20,21)/t12-,13-/m1/s1. The number of carbonyl (C=O) groups excluding carboxylic acids is 2. The van der Waals surface area contributed by atoms with Gasteiger partial charge in [-0.05, 0) is 25.0 Å². The molecule has 1 saturated carbocycles. The van der Waals surface area contributed by atoms with Crippen LogP contribution < -0.4 is 0 Å². The molecule has 1 aliphatic carbocycles. The molecule has 1 N–H and O–H groups in total. The van der Waals surface area contributed by atoms with Crippen molar-refractivity contribution in [3.8, 4) is 0 Å². The highest BCUT2D eigenvalue weighted by Gasteiger charge is 2.45. The lowest BCUT2D eigenvalue weighted by atomic mass is 9.71. The molecule has 0 radical (unpaired) electrons. The van der Waals surface area contributed by atoms with Gasteiger partial charge in [0.1, 0.15) is 5.78 Å². The van der Waals surface area contributed by atoms with Crippen LogP contribution in [0.25, 0.3) is 0 Å². The molecule has 1 aliphatic heterocycles. The molecule has 1 heterocycles. The predicted molar refractivity (Wildman–Crippen MR) is 74.7 cm³/mol. The minimum Gasteiger partial charge on any atom is -0.481 e. The molecule has 21 heavy (non-hydrogen) atoms. The normalized spacial score (nSPS) is 28.3. The van der Waals surface area contributed by atoms with Gasteiger partial charge in [-0.2, -0.15) is 0 Å². The van der Waals surface area contributed by atoms with Crippen molar-refractivity contribution in [3.63, 3.8) is 0 Å². The average Bonchev–Trinajstić information content (AvgIpc) is 2.47. The van der Waals surface area contributed by atoms with Gasteiger partial charge in [0.05, 0.1) is 5.92 Å². The topological polar surface area (TPSA) is 74.7 Å². The van der Waals surface area contributed by atoms with Gasteiger partial charge in [0.25, 0.3) is 5.91 Å². The number of hydrogen-bond acceptors (Lipinski definition) is 3. The first-order chi connectivity index (χ1) is 10.1. The Morgan fingerprint density at radius 2 is 1.62 bits per heavy atom. The summed E-state index contributed by atoms with van der Waals surface area (Å²) in [6.07, 6.45) is 0.701. The van der Waals surface area contributed by atoms with Gasteiger partial charge in [-0.25, -0.2) is 0 Å². The van der Waals surface area contributed by atoms with Crippen LogP contribution in [0.15, 0.2) is 30.3 Å². The Labute approximate surface area is 122 Å². The van der Waals surface area contributed by atoms with Crippen LogP contribution in [0, 0.1) is 17.8 Å². The average molecular weight is 287 g/mol. The van der Waals surface area contributed by atoms with Crippen LogP contribution in [-0.2, 0) is 9.59 Å². The van der Waals surface area contributed by atoms with Gasteiger partial charge < -0.3 is 10.0 Å². The summed E-state index contributed by atoms with van der Waals surface area (Å²) >= 11 is 0. The van der Waals surface area contributed by atoms with Crippen molar-refractivity contribution in [2.24, 2.45) is 17.8 Å². The Morgan fingerprint density at radius 1 is 1.05 bits per heavy atom. The van der Waals surface area contributed by atoms with Crippen molar-refractivity contribution in [3.05, 3.63) is 35.9 Å². The Hall–Kier alpha value is -2.17. The van der Waals surface area contributed by atoms with Crippen LogP contribution >= 0.6 is 0 Å². The first-order valence-electron chi connectivity index (χ1n) is 7.17. The second-order valence-electron chi connectivity index (χ2n) is 5.88. The molecule has 2 bridgehead atoms. The smallest absolute Gasteiger partial charge is 0.306 e. The predicted octanol–water partition coefficient (Wildman–Crippen LogP) is 1.44. The number of carboxylic acid groups (broad SMARTS) is 1. The van der Waals surface area contributed by atoms with Crippen LogP contribution in [0.4, 0.5) is 0 Å². The molecule has 1 saturated heterocycles. The number of rotatable bonds is 2. The van der Waals surface area contributed by atoms with Crippen LogP contribution in [0.3, 0.4) is 0 Å². The van der Waals surface area contributed by atoms with Crippen molar-refractivity contribution in [2.75, 3.05) is 13.1 Å². The van der Waals surface area contributed by atoms with Crippen LogP contribution in [0.1, 0.15) is 23.2 Å². The van der Waals surface area contributed by atoms with Gasteiger partial charge in [0, 0.05) is 30.5 Å². The quantitative estimate of drug-likeness (QED) is 0.893. The minimum atomic E-state index is -0.833. The van der Waals surface area contributed by atoms with E-state index in [4.69, 9.17) is 5.11 Å². The summed E-state index contributed by atoms with van der Waals surface area (Å²) in [6.45, 7) is 0.680. The zero-order chi connectivity index (χ0) is 15.0. The first kappa shape index (κ1) is 13.8. The Bertz CT molecular complexity index is 565. The van der Waals surface area contributed by atoms with E-state index in [-0.39, 0.29) is 23.5 Å². The van der Waals surface area contributed by atoms with Crippen molar-refractivity contribution in [1.82, 2.24) is 4.90 Å². The number of amides is 1. The molecule has 2 fully saturated rings. The lowest BCUT2D eigenvalue weighted by Gasteiger charge is -2.42. The maximum Gasteiger partial charge on any atom is 0.306 e. The van der Waals surface area contributed by atoms with Crippen molar-refractivity contribution < 1.29 is 19.5 Å². The van der Waals surface area contributed by atoms with E-state index in [1.54, 1.807) is 17.0 Å². The highest BCUT2D eigenvalue weighted by molar-refractivity contribution is 5.96. The minimum absolute atomic E-state index is 0.0770. The molecule has 5 nitrogen and oxygen atoms in total. The van der Waals surface area contributed by atoms with Gasteiger partial charge in [-0.1, -0.05) is 18.2 Å². The van der Waals surface area contributed by atoms with Gasteiger partial charge in [-0.15, -0.1) is 0 Å². The van der Waals surface area contributed by atoms with Gasteiger partial charge in [-0.3, -0.25) is 14.4 Å².